The number of rotatable bonds is 4. The third-order valence-electron chi connectivity index (χ3n) is 4.42. The van der Waals surface area contributed by atoms with Gasteiger partial charge in [-0.15, -0.1) is 0 Å². The highest BCUT2D eigenvalue weighted by molar-refractivity contribution is 5.92. The zero-order valence-electron chi connectivity index (χ0n) is 14.5. The summed E-state index contributed by atoms with van der Waals surface area (Å²) in [5.41, 5.74) is 1.46. The van der Waals surface area contributed by atoms with E-state index in [0.29, 0.717) is 25.4 Å². The molecular formula is C18H20N6O2. The van der Waals surface area contributed by atoms with Crippen LogP contribution >= 0.6 is 0 Å². The molecule has 4 rings (SSSR count). The minimum Gasteiger partial charge on any atom is -0.492 e. The smallest absolute Gasteiger partial charge is 0.274 e. The number of ether oxygens (including phenoxy) is 1. The summed E-state index contributed by atoms with van der Waals surface area (Å²) >= 11 is 0. The molecule has 0 N–H and O–H groups in total. The van der Waals surface area contributed by atoms with Crippen molar-refractivity contribution in [2.75, 3.05) is 13.2 Å². The molecule has 1 atom stereocenters. The number of carbonyl (C=O) groups excluding carboxylic acids is 1. The molecular weight excluding hydrogens is 332 g/mol. The highest BCUT2D eigenvalue weighted by Gasteiger charge is 2.27. The van der Waals surface area contributed by atoms with Crippen molar-refractivity contribution in [3.63, 3.8) is 0 Å². The maximum atomic E-state index is 12.9. The van der Waals surface area contributed by atoms with Crippen molar-refractivity contribution in [3.8, 4) is 5.75 Å². The van der Waals surface area contributed by atoms with Crippen LogP contribution in [0, 0.1) is 5.92 Å². The SMILES string of the molecule is Cn1ccc(C(=O)N2Cc3cncn3C[C@H](COc3cccnc3)C2)n1. The van der Waals surface area contributed by atoms with Gasteiger partial charge in [0.15, 0.2) is 0 Å². The normalized spacial score (nSPS) is 16.8. The zero-order chi connectivity index (χ0) is 17.9. The minimum atomic E-state index is -0.0772. The molecule has 3 aromatic heterocycles. The van der Waals surface area contributed by atoms with E-state index in [0.717, 1.165) is 18.0 Å². The Labute approximate surface area is 151 Å². The van der Waals surface area contributed by atoms with E-state index in [1.165, 1.54) is 0 Å². The van der Waals surface area contributed by atoms with Gasteiger partial charge < -0.3 is 14.2 Å². The lowest BCUT2D eigenvalue weighted by Gasteiger charge is -2.23. The van der Waals surface area contributed by atoms with Gasteiger partial charge in [0.05, 0.1) is 31.4 Å². The second-order valence-electron chi connectivity index (χ2n) is 6.46. The van der Waals surface area contributed by atoms with Gasteiger partial charge in [0.1, 0.15) is 11.4 Å². The molecule has 0 saturated carbocycles. The van der Waals surface area contributed by atoms with Gasteiger partial charge >= 0.3 is 0 Å². The number of hydrogen-bond donors (Lipinski definition) is 0. The molecule has 0 spiro atoms. The first-order valence-electron chi connectivity index (χ1n) is 8.50. The van der Waals surface area contributed by atoms with E-state index < -0.39 is 0 Å². The number of hydrogen-bond acceptors (Lipinski definition) is 5. The first-order valence-corrected chi connectivity index (χ1v) is 8.50. The Balaban J connectivity index is 1.52. The molecule has 134 valence electrons. The first kappa shape index (κ1) is 16.3. The standard InChI is InChI=1S/C18H20N6O2/c1-22-6-4-17(21-22)18(25)23-9-14(10-24-13-20-7-15(24)11-23)12-26-16-3-2-5-19-8-16/h2-8,13-14H,9-12H2,1H3/t14-/m1/s1. The van der Waals surface area contributed by atoms with Gasteiger partial charge in [-0.3, -0.25) is 14.5 Å². The monoisotopic (exact) mass is 352 g/mol. The van der Waals surface area contributed by atoms with Gasteiger partial charge in [-0.2, -0.15) is 5.10 Å². The van der Waals surface area contributed by atoms with Crippen LogP contribution in [-0.4, -0.2) is 48.3 Å². The lowest BCUT2D eigenvalue weighted by atomic mass is 10.1. The first-order chi connectivity index (χ1) is 12.7. The number of carbonyl (C=O) groups is 1. The number of imidazole rings is 1. The summed E-state index contributed by atoms with van der Waals surface area (Å²) in [6.45, 7) is 2.35. The van der Waals surface area contributed by atoms with Crippen LogP contribution in [0.2, 0.25) is 0 Å². The quantitative estimate of drug-likeness (QED) is 0.708. The fourth-order valence-corrected chi connectivity index (χ4v) is 3.15. The Bertz CT molecular complexity index is 888. The van der Waals surface area contributed by atoms with Crippen LogP contribution in [-0.2, 0) is 20.1 Å². The van der Waals surface area contributed by atoms with Crippen LogP contribution in [0.3, 0.4) is 0 Å². The molecule has 4 heterocycles. The van der Waals surface area contributed by atoms with Crippen LogP contribution in [0.25, 0.3) is 0 Å². The molecule has 0 aliphatic carbocycles. The summed E-state index contributed by atoms with van der Waals surface area (Å²) in [5.74, 6) is 0.787. The second-order valence-corrected chi connectivity index (χ2v) is 6.46. The van der Waals surface area contributed by atoms with E-state index in [-0.39, 0.29) is 11.8 Å². The second kappa shape index (κ2) is 6.99. The zero-order valence-corrected chi connectivity index (χ0v) is 14.5. The summed E-state index contributed by atoms with van der Waals surface area (Å²) in [7, 11) is 1.80. The van der Waals surface area contributed by atoms with Gasteiger partial charge in [0.25, 0.3) is 5.91 Å². The lowest BCUT2D eigenvalue weighted by Crippen LogP contribution is -2.36. The van der Waals surface area contributed by atoms with Crippen LogP contribution in [0.4, 0.5) is 0 Å². The Morgan fingerprint density at radius 3 is 2.96 bits per heavy atom. The summed E-state index contributed by atoms with van der Waals surface area (Å²) in [5, 5.41) is 4.24. The van der Waals surface area contributed by atoms with Crippen molar-refractivity contribution in [2.24, 2.45) is 13.0 Å². The molecule has 0 radical (unpaired) electrons. The van der Waals surface area contributed by atoms with Crippen LogP contribution in [0.5, 0.6) is 5.75 Å². The third-order valence-corrected chi connectivity index (χ3v) is 4.42. The highest BCUT2D eigenvalue weighted by Crippen LogP contribution is 2.19. The van der Waals surface area contributed by atoms with Crippen molar-refractivity contribution in [2.45, 2.75) is 13.1 Å². The highest BCUT2D eigenvalue weighted by atomic mass is 16.5. The van der Waals surface area contributed by atoms with Crippen LogP contribution < -0.4 is 4.74 Å². The summed E-state index contributed by atoms with van der Waals surface area (Å²) in [6, 6.07) is 5.46. The van der Waals surface area contributed by atoms with Crippen molar-refractivity contribution in [1.82, 2.24) is 29.2 Å². The van der Waals surface area contributed by atoms with E-state index in [9.17, 15) is 4.79 Å². The van der Waals surface area contributed by atoms with Gasteiger partial charge in [-0.25, -0.2) is 4.98 Å². The predicted molar refractivity (Wildman–Crippen MR) is 93.4 cm³/mol. The maximum absolute atomic E-state index is 12.9. The molecule has 1 aliphatic rings. The molecule has 0 unspecified atom stereocenters. The fourth-order valence-electron chi connectivity index (χ4n) is 3.15. The molecule has 1 amide bonds. The van der Waals surface area contributed by atoms with E-state index in [2.05, 4.69) is 19.6 Å². The Morgan fingerprint density at radius 1 is 1.27 bits per heavy atom. The molecule has 26 heavy (non-hydrogen) atoms. The van der Waals surface area contributed by atoms with Crippen LogP contribution in [0.15, 0.2) is 49.3 Å². The summed E-state index contributed by atoms with van der Waals surface area (Å²) in [4.78, 5) is 23.0. The van der Waals surface area contributed by atoms with E-state index in [1.54, 1.807) is 42.7 Å². The molecule has 8 heteroatoms. The van der Waals surface area contributed by atoms with E-state index in [4.69, 9.17) is 4.74 Å². The largest absolute Gasteiger partial charge is 0.492 e. The number of nitrogens with zero attached hydrogens (tertiary/aromatic N) is 6. The van der Waals surface area contributed by atoms with Gasteiger partial charge in [0, 0.05) is 44.6 Å². The third kappa shape index (κ3) is 3.44. The molecule has 3 aromatic rings. The Morgan fingerprint density at radius 2 is 2.19 bits per heavy atom. The fraction of sp³-hybridized carbons (Fsp3) is 0.333. The van der Waals surface area contributed by atoms with E-state index in [1.807, 2.05) is 23.2 Å². The number of aryl methyl sites for hydroxylation is 1. The topological polar surface area (TPSA) is 78.1 Å². The van der Waals surface area contributed by atoms with E-state index >= 15 is 0 Å². The number of pyridine rings is 1. The average molecular weight is 352 g/mol. The molecule has 1 aliphatic heterocycles. The van der Waals surface area contributed by atoms with Crippen molar-refractivity contribution < 1.29 is 9.53 Å². The van der Waals surface area contributed by atoms with Crippen molar-refractivity contribution >= 4 is 5.91 Å². The average Bonchev–Trinajstić information content (AvgIpc) is 3.24. The molecule has 0 fully saturated rings. The van der Waals surface area contributed by atoms with Gasteiger partial charge in [-0.05, 0) is 18.2 Å². The van der Waals surface area contributed by atoms with Crippen molar-refractivity contribution in [1.29, 1.82) is 0 Å². The Hall–Kier alpha value is -3.16. The molecule has 0 aromatic carbocycles. The summed E-state index contributed by atoms with van der Waals surface area (Å²) in [6.07, 6.45) is 8.79. The maximum Gasteiger partial charge on any atom is 0.274 e. The number of aromatic nitrogens is 5. The van der Waals surface area contributed by atoms with Crippen molar-refractivity contribution in [3.05, 3.63) is 60.7 Å². The van der Waals surface area contributed by atoms with Gasteiger partial charge in [-0.1, -0.05) is 0 Å². The molecule has 0 bridgehead atoms. The van der Waals surface area contributed by atoms with Gasteiger partial charge in [0.2, 0.25) is 0 Å². The molecule has 8 nitrogen and oxygen atoms in total. The van der Waals surface area contributed by atoms with Crippen LogP contribution in [0.1, 0.15) is 16.2 Å². The predicted octanol–water partition coefficient (Wildman–Crippen LogP) is 1.36. The minimum absolute atomic E-state index is 0.0772. The Kier molecular flexibility index (Phi) is 4.39. The summed E-state index contributed by atoms with van der Waals surface area (Å²) < 4.78 is 9.60. The lowest BCUT2D eigenvalue weighted by molar-refractivity contribution is 0.0694. The number of amides is 1. The number of fused-ring (bicyclic) bond motifs is 1. The molecule has 0 saturated heterocycles.